The van der Waals surface area contributed by atoms with Crippen LogP contribution >= 0.6 is 11.3 Å². The number of aromatic nitrogens is 3. The molecule has 6 heteroatoms. The van der Waals surface area contributed by atoms with Gasteiger partial charge in [0.05, 0.1) is 12.7 Å². The van der Waals surface area contributed by atoms with E-state index in [9.17, 15) is 0 Å². The first kappa shape index (κ1) is 13.4. The first-order chi connectivity index (χ1) is 10.4. The first-order valence-electron chi connectivity index (χ1n) is 7.60. The molecule has 3 heterocycles. The molecular formula is C15H20N4OS. The Bertz CT molecular complexity index is 556. The van der Waals surface area contributed by atoms with E-state index in [4.69, 9.17) is 4.74 Å². The Kier molecular flexibility index (Phi) is 3.75. The van der Waals surface area contributed by atoms with Crippen molar-refractivity contribution in [1.82, 2.24) is 19.7 Å². The number of fused-ring (bicyclic) bond motifs is 1. The second-order valence-corrected chi connectivity index (χ2v) is 6.98. The fourth-order valence-corrected chi connectivity index (χ4v) is 4.45. The van der Waals surface area contributed by atoms with Crippen LogP contribution in [0.4, 0.5) is 0 Å². The second-order valence-electron chi connectivity index (χ2n) is 5.95. The summed E-state index contributed by atoms with van der Waals surface area (Å²) in [5.41, 5.74) is 0. The van der Waals surface area contributed by atoms with Gasteiger partial charge in [-0.3, -0.25) is 4.90 Å². The van der Waals surface area contributed by atoms with Gasteiger partial charge >= 0.3 is 0 Å². The molecule has 2 aromatic rings. The summed E-state index contributed by atoms with van der Waals surface area (Å²) in [5.74, 6) is 0.581. The van der Waals surface area contributed by atoms with Crippen molar-refractivity contribution in [2.24, 2.45) is 5.92 Å². The first-order valence-corrected chi connectivity index (χ1v) is 8.48. The third kappa shape index (κ3) is 2.75. The van der Waals surface area contributed by atoms with Gasteiger partial charge in [0.15, 0.2) is 0 Å². The molecule has 112 valence electrons. The fraction of sp³-hybridized carbons (Fsp3) is 0.600. The lowest BCUT2D eigenvalue weighted by atomic mass is 10.0. The number of ether oxygens (including phenoxy) is 1. The summed E-state index contributed by atoms with van der Waals surface area (Å²) in [4.78, 5) is 4.07. The standard InChI is InChI=1S/C15H20N4OS/c1-2-13(21-7-1)9-19-5-6-20-15-12(3-4-14(15)19)8-18-10-16-17-11-18/h1-2,7,10-12,14-15H,3-6,8-9H2. The number of morpholine rings is 1. The van der Waals surface area contributed by atoms with Crippen LogP contribution in [0.5, 0.6) is 0 Å². The Labute approximate surface area is 128 Å². The lowest BCUT2D eigenvalue weighted by Gasteiger charge is -2.39. The van der Waals surface area contributed by atoms with Crippen LogP contribution < -0.4 is 0 Å². The highest BCUT2D eigenvalue weighted by Crippen LogP contribution is 2.36. The van der Waals surface area contributed by atoms with E-state index >= 15 is 0 Å². The number of nitrogens with zero attached hydrogens (tertiary/aromatic N) is 4. The van der Waals surface area contributed by atoms with Crippen LogP contribution in [0.1, 0.15) is 17.7 Å². The molecule has 0 amide bonds. The topological polar surface area (TPSA) is 43.2 Å². The molecule has 2 fully saturated rings. The van der Waals surface area contributed by atoms with Gasteiger partial charge in [0.1, 0.15) is 12.7 Å². The second kappa shape index (κ2) is 5.87. The summed E-state index contributed by atoms with van der Waals surface area (Å²) >= 11 is 1.85. The van der Waals surface area contributed by atoms with Crippen LogP contribution in [0.15, 0.2) is 30.2 Å². The van der Waals surface area contributed by atoms with E-state index in [1.54, 1.807) is 12.7 Å². The molecule has 5 nitrogen and oxygen atoms in total. The highest BCUT2D eigenvalue weighted by atomic mass is 32.1. The number of thiophene rings is 1. The maximum absolute atomic E-state index is 6.12. The summed E-state index contributed by atoms with van der Waals surface area (Å²) in [6.07, 6.45) is 6.44. The molecule has 0 N–H and O–H groups in total. The predicted molar refractivity (Wildman–Crippen MR) is 81.0 cm³/mol. The quantitative estimate of drug-likeness (QED) is 0.867. The van der Waals surface area contributed by atoms with Gasteiger partial charge in [-0.15, -0.1) is 21.5 Å². The zero-order valence-electron chi connectivity index (χ0n) is 12.0. The zero-order chi connectivity index (χ0) is 14.1. The minimum atomic E-state index is 0.362. The summed E-state index contributed by atoms with van der Waals surface area (Å²) in [5, 5.41) is 9.96. The van der Waals surface area contributed by atoms with Crippen LogP contribution in [0.25, 0.3) is 0 Å². The molecule has 0 aromatic carbocycles. The molecule has 3 atom stereocenters. The molecule has 1 saturated heterocycles. The predicted octanol–water partition coefficient (Wildman–Crippen LogP) is 2.02. The molecule has 3 unspecified atom stereocenters. The SMILES string of the molecule is c1csc(CN2CCOC3C(Cn4cnnc4)CCC32)c1. The van der Waals surface area contributed by atoms with Crippen LogP contribution in [0.3, 0.4) is 0 Å². The van der Waals surface area contributed by atoms with E-state index in [1.165, 1.54) is 17.7 Å². The van der Waals surface area contributed by atoms with Gasteiger partial charge in [0.25, 0.3) is 0 Å². The molecule has 4 rings (SSSR count). The lowest BCUT2D eigenvalue weighted by Crippen LogP contribution is -2.50. The molecular weight excluding hydrogens is 284 g/mol. The third-order valence-electron chi connectivity index (χ3n) is 4.69. The molecule has 1 aliphatic carbocycles. The molecule has 0 radical (unpaired) electrons. The van der Waals surface area contributed by atoms with Crippen LogP contribution in [0, 0.1) is 5.92 Å². The molecule has 1 aliphatic heterocycles. The van der Waals surface area contributed by atoms with Crippen molar-refractivity contribution in [2.45, 2.75) is 38.1 Å². The smallest absolute Gasteiger partial charge is 0.119 e. The number of hydrogen-bond acceptors (Lipinski definition) is 5. The average Bonchev–Trinajstić information content (AvgIpc) is 3.22. The Morgan fingerprint density at radius 1 is 1.29 bits per heavy atom. The number of hydrogen-bond donors (Lipinski definition) is 0. The summed E-state index contributed by atoms with van der Waals surface area (Å²) in [6.45, 7) is 3.95. The van der Waals surface area contributed by atoms with E-state index < -0.39 is 0 Å². The minimum Gasteiger partial charge on any atom is -0.375 e. The Hall–Kier alpha value is -1.24. The summed E-state index contributed by atoms with van der Waals surface area (Å²) < 4.78 is 8.20. The zero-order valence-corrected chi connectivity index (χ0v) is 12.8. The van der Waals surface area contributed by atoms with E-state index in [-0.39, 0.29) is 0 Å². The van der Waals surface area contributed by atoms with E-state index in [0.717, 1.165) is 26.2 Å². The Morgan fingerprint density at radius 3 is 3.00 bits per heavy atom. The van der Waals surface area contributed by atoms with Gasteiger partial charge in [-0.25, -0.2) is 0 Å². The van der Waals surface area contributed by atoms with Crippen molar-refractivity contribution >= 4 is 11.3 Å². The summed E-state index contributed by atoms with van der Waals surface area (Å²) in [6, 6.07) is 4.95. The van der Waals surface area contributed by atoms with Crippen LogP contribution in [0.2, 0.25) is 0 Å². The monoisotopic (exact) mass is 304 g/mol. The molecule has 0 bridgehead atoms. The van der Waals surface area contributed by atoms with Crippen molar-refractivity contribution < 1.29 is 4.74 Å². The van der Waals surface area contributed by atoms with Crippen molar-refractivity contribution in [3.8, 4) is 0 Å². The van der Waals surface area contributed by atoms with E-state index in [1.807, 2.05) is 11.3 Å². The van der Waals surface area contributed by atoms with Crippen molar-refractivity contribution in [2.75, 3.05) is 13.2 Å². The van der Waals surface area contributed by atoms with Crippen molar-refractivity contribution in [3.63, 3.8) is 0 Å². The molecule has 2 aromatic heterocycles. The fourth-order valence-electron chi connectivity index (χ4n) is 3.72. The maximum Gasteiger partial charge on any atom is 0.119 e. The Morgan fingerprint density at radius 2 is 2.19 bits per heavy atom. The van der Waals surface area contributed by atoms with Gasteiger partial charge in [0.2, 0.25) is 0 Å². The van der Waals surface area contributed by atoms with Gasteiger partial charge in [-0.1, -0.05) is 6.07 Å². The Balaban J connectivity index is 1.44. The highest BCUT2D eigenvalue weighted by molar-refractivity contribution is 7.09. The van der Waals surface area contributed by atoms with E-state index in [2.05, 4.69) is 37.2 Å². The van der Waals surface area contributed by atoms with Gasteiger partial charge < -0.3 is 9.30 Å². The maximum atomic E-state index is 6.12. The van der Waals surface area contributed by atoms with Crippen molar-refractivity contribution in [3.05, 3.63) is 35.0 Å². The van der Waals surface area contributed by atoms with Crippen molar-refractivity contribution in [1.29, 1.82) is 0 Å². The van der Waals surface area contributed by atoms with Crippen LogP contribution in [-0.2, 0) is 17.8 Å². The van der Waals surface area contributed by atoms with Gasteiger partial charge in [-0.05, 0) is 24.3 Å². The van der Waals surface area contributed by atoms with Gasteiger partial charge in [-0.2, -0.15) is 0 Å². The van der Waals surface area contributed by atoms with Gasteiger partial charge in [0, 0.05) is 36.5 Å². The average molecular weight is 304 g/mol. The normalized spacial score (nSPS) is 29.6. The third-order valence-corrected chi connectivity index (χ3v) is 5.55. The molecule has 1 saturated carbocycles. The minimum absolute atomic E-state index is 0.362. The largest absolute Gasteiger partial charge is 0.375 e. The van der Waals surface area contributed by atoms with Crippen LogP contribution in [-0.4, -0.2) is 45.0 Å². The lowest BCUT2D eigenvalue weighted by molar-refractivity contribution is -0.0783. The molecule has 0 spiro atoms. The number of rotatable bonds is 4. The molecule has 2 aliphatic rings. The molecule has 21 heavy (non-hydrogen) atoms. The summed E-state index contributed by atoms with van der Waals surface area (Å²) in [7, 11) is 0. The highest BCUT2D eigenvalue weighted by Gasteiger charge is 2.42. The van der Waals surface area contributed by atoms with E-state index in [0.29, 0.717) is 18.1 Å².